The van der Waals surface area contributed by atoms with Crippen LogP contribution in [0.2, 0.25) is 0 Å². The van der Waals surface area contributed by atoms with E-state index in [9.17, 15) is 5.48 Å². The molecular weight excluding hydrogens is 544 g/mol. The molecule has 0 aliphatic rings. The normalized spacial score (nSPS) is 14.5. The van der Waals surface area contributed by atoms with Gasteiger partial charge >= 0.3 is 0 Å². The molecule has 10 rings (SSSR count). The molecule has 0 radical (unpaired) electrons. The van der Waals surface area contributed by atoms with Crippen molar-refractivity contribution in [2.75, 3.05) is 0 Å². The lowest BCUT2D eigenvalue weighted by Crippen LogP contribution is -1.91. The smallest absolute Gasteiger partial charge is 0.143 e. The zero-order chi connectivity index (χ0) is 36.4. The third kappa shape index (κ3) is 3.50. The van der Waals surface area contributed by atoms with Crippen LogP contribution in [0.15, 0.2) is 162 Å². The summed E-state index contributed by atoms with van der Waals surface area (Å²) in [5.41, 5.74) is 2.93. The Kier molecular flexibility index (Phi) is 3.72. The number of hydrogen-bond donors (Lipinski definition) is 0. The quantitative estimate of drug-likeness (QED) is 0.147. The van der Waals surface area contributed by atoms with Gasteiger partial charge in [-0.1, -0.05) is 139 Å². The van der Waals surface area contributed by atoms with Gasteiger partial charge in [-0.25, -0.2) is 0 Å². The van der Waals surface area contributed by atoms with Gasteiger partial charge in [0.05, 0.1) is 11.0 Å². The third-order valence-corrected chi connectivity index (χ3v) is 9.07. The van der Waals surface area contributed by atoms with Gasteiger partial charge in [-0.05, 0) is 88.9 Å². The number of benzene rings is 9. The van der Waals surface area contributed by atoms with E-state index in [0.29, 0.717) is 38.8 Å². The first kappa shape index (κ1) is 18.0. The first-order valence-corrected chi connectivity index (χ1v) is 14.9. The van der Waals surface area contributed by atoms with Crippen molar-refractivity contribution in [1.82, 2.24) is 0 Å². The van der Waals surface area contributed by atoms with E-state index in [2.05, 4.69) is 0 Å². The lowest BCUT2D eigenvalue weighted by molar-refractivity contribution is 0.673. The Morgan fingerprint density at radius 3 is 1.76 bits per heavy atom. The van der Waals surface area contributed by atoms with Crippen LogP contribution < -0.4 is 0 Å². The molecule has 0 bridgehead atoms. The highest BCUT2D eigenvalue weighted by molar-refractivity contribution is 6.27. The van der Waals surface area contributed by atoms with Gasteiger partial charge < -0.3 is 4.42 Å². The molecule has 1 nitrogen and oxygen atoms in total. The van der Waals surface area contributed by atoms with Crippen LogP contribution in [0, 0.1) is 0 Å². The van der Waals surface area contributed by atoms with Crippen molar-refractivity contribution in [3.8, 4) is 22.3 Å². The Morgan fingerprint density at radius 2 is 1.00 bits per heavy atom. The van der Waals surface area contributed by atoms with E-state index in [0.717, 1.165) is 37.7 Å². The first-order chi connectivity index (χ1) is 25.7. The summed E-state index contributed by atoms with van der Waals surface area (Å²) in [6.07, 6.45) is 0. The maximum Gasteiger partial charge on any atom is 0.143 e. The van der Waals surface area contributed by atoms with Crippen LogP contribution in [0.25, 0.3) is 98.1 Å². The van der Waals surface area contributed by atoms with Crippen molar-refractivity contribution in [2.24, 2.45) is 0 Å². The predicted octanol–water partition coefficient (Wildman–Crippen LogP) is 12.7. The second kappa shape index (κ2) is 9.29. The zero-order valence-electron chi connectivity index (χ0n) is 31.8. The molecule has 45 heavy (non-hydrogen) atoms. The van der Waals surface area contributed by atoms with E-state index in [1.165, 1.54) is 0 Å². The molecule has 1 heterocycles. The van der Waals surface area contributed by atoms with Crippen LogP contribution in [-0.2, 0) is 0 Å². The maximum atomic E-state index is 9.43. The van der Waals surface area contributed by atoms with E-state index in [4.69, 9.17) is 9.90 Å². The Morgan fingerprint density at radius 1 is 0.422 bits per heavy atom. The largest absolute Gasteiger partial charge is 0.455 e. The van der Waals surface area contributed by atoms with Gasteiger partial charge in [-0.15, -0.1) is 0 Å². The summed E-state index contributed by atoms with van der Waals surface area (Å²) >= 11 is 0. The van der Waals surface area contributed by atoms with Crippen LogP contribution >= 0.6 is 0 Å². The lowest BCUT2D eigenvalue weighted by atomic mass is 9.84. The van der Waals surface area contributed by atoms with E-state index >= 15 is 0 Å². The van der Waals surface area contributed by atoms with Gasteiger partial charge in [-0.2, -0.15) is 0 Å². The molecule has 208 valence electrons. The second-order valence-electron chi connectivity index (χ2n) is 11.4. The highest BCUT2D eigenvalue weighted by Gasteiger charge is 2.21. The molecule has 0 amide bonds. The molecule has 1 heteroatoms. The Labute approximate surface area is 270 Å². The van der Waals surface area contributed by atoms with Gasteiger partial charge in [0.1, 0.15) is 11.2 Å². The molecule has 0 fully saturated rings. The molecule has 0 unspecified atom stereocenters. The maximum absolute atomic E-state index is 9.43. The highest BCUT2D eigenvalue weighted by atomic mass is 16.3. The summed E-state index contributed by atoms with van der Waals surface area (Å²) in [7, 11) is 0. The van der Waals surface area contributed by atoms with Crippen LogP contribution in [0.4, 0.5) is 0 Å². The van der Waals surface area contributed by atoms with Gasteiger partial charge in [0.25, 0.3) is 0 Å². The SMILES string of the molecule is [2H]c1c([2H])c([2H])c2c(-c3cccc4oc5c6ccccc6ccc5c34)c3c([2H])c([2H])c([2H])c([2H])c3c(-c3ccc4c(ccc5ccccc54)c3)c2c1[2H]. The summed E-state index contributed by atoms with van der Waals surface area (Å²) in [4.78, 5) is 0. The average Bonchev–Trinajstić information content (AvgIpc) is 3.59. The molecule has 10 aromatic rings. The molecule has 0 spiro atoms. The zero-order valence-corrected chi connectivity index (χ0v) is 23.8. The lowest BCUT2D eigenvalue weighted by Gasteiger charge is -2.18. The van der Waals surface area contributed by atoms with Crippen molar-refractivity contribution in [3.63, 3.8) is 0 Å². The molecule has 0 aliphatic carbocycles. The topological polar surface area (TPSA) is 13.1 Å². The van der Waals surface area contributed by atoms with Gasteiger partial charge in [0, 0.05) is 16.2 Å². The molecular formula is C44H26O. The summed E-state index contributed by atoms with van der Waals surface area (Å²) in [6, 6.07) is 32.3. The van der Waals surface area contributed by atoms with Crippen molar-refractivity contribution in [1.29, 1.82) is 0 Å². The van der Waals surface area contributed by atoms with E-state index in [1.807, 2.05) is 103 Å². The van der Waals surface area contributed by atoms with Gasteiger partial charge in [-0.3, -0.25) is 0 Å². The van der Waals surface area contributed by atoms with Gasteiger partial charge in [0.15, 0.2) is 0 Å². The molecule has 1 aromatic heterocycles. The van der Waals surface area contributed by atoms with Crippen LogP contribution in [0.1, 0.15) is 11.0 Å². The highest BCUT2D eigenvalue weighted by Crippen LogP contribution is 2.47. The molecule has 9 aromatic carbocycles. The third-order valence-electron chi connectivity index (χ3n) is 9.07. The van der Waals surface area contributed by atoms with E-state index < -0.39 is 24.2 Å². The number of rotatable bonds is 2. The van der Waals surface area contributed by atoms with E-state index in [-0.39, 0.29) is 45.7 Å². The number of hydrogen-bond acceptors (Lipinski definition) is 1. The number of fused-ring (bicyclic) bond motifs is 10. The van der Waals surface area contributed by atoms with E-state index in [1.54, 1.807) is 6.07 Å². The average molecular weight is 579 g/mol. The fraction of sp³-hybridized carbons (Fsp3) is 0. The molecule has 0 N–H and O–H groups in total. The Balaban J connectivity index is 1.45. The minimum atomic E-state index is -0.435. The van der Waals surface area contributed by atoms with Crippen molar-refractivity contribution >= 4 is 75.8 Å². The fourth-order valence-electron chi connectivity index (χ4n) is 7.11. The van der Waals surface area contributed by atoms with Crippen molar-refractivity contribution in [3.05, 3.63) is 158 Å². The standard InChI is InChI=1S/C44H26O/c1-3-12-31-27(10-1)20-21-29-26-30(23-24-32(29)31)41-34-14-5-7-16-36(34)42(37-17-8-6-15-35(37)41)38-18-9-19-40-43(38)39-25-22-28-11-2-4-13-33(28)44(39)45-40/h1-26H/i5D,6D,7D,8D,14D,15D,16D,17D. The Bertz CT molecular complexity index is 3190. The van der Waals surface area contributed by atoms with Crippen molar-refractivity contribution in [2.45, 2.75) is 0 Å². The van der Waals surface area contributed by atoms with Crippen LogP contribution in [0.5, 0.6) is 0 Å². The summed E-state index contributed by atoms with van der Waals surface area (Å²) < 4.78 is 79.5. The predicted molar refractivity (Wildman–Crippen MR) is 192 cm³/mol. The summed E-state index contributed by atoms with van der Waals surface area (Å²) in [5.74, 6) is 0. The molecule has 0 atom stereocenters. The summed E-state index contributed by atoms with van der Waals surface area (Å²) in [5, 5.41) is 8.07. The van der Waals surface area contributed by atoms with Crippen LogP contribution in [-0.4, -0.2) is 0 Å². The van der Waals surface area contributed by atoms with Crippen LogP contribution in [0.3, 0.4) is 0 Å². The Hall–Kier alpha value is -5.92. The fourth-order valence-corrected chi connectivity index (χ4v) is 7.11. The molecule has 0 saturated carbocycles. The summed E-state index contributed by atoms with van der Waals surface area (Å²) in [6.45, 7) is 0. The minimum absolute atomic E-state index is 0.171. The minimum Gasteiger partial charge on any atom is -0.455 e. The monoisotopic (exact) mass is 578 g/mol. The molecule has 0 saturated heterocycles. The van der Waals surface area contributed by atoms with Gasteiger partial charge in [0.2, 0.25) is 0 Å². The second-order valence-corrected chi connectivity index (χ2v) is 11.4. The number of furan rings is 1. The first-order valence-electron chi connectivity index (χ1n) is 18.9. The van der Waals surface area contributed by atoms with Crippen molar-refractivity contribution < 1.29 is 15.4 Å². The molecule has 0 aliphatic heterocycles.